The molecule has 3 saturated heterocycles. The Morgan fingerprint density at radius 3 is 2.29 bits per heavy atom. The maximum Gasteiger partial charge on any atom is 0.319 e. The molecule has 0 radical (unpaired) electrons. The number of urea groups is 1. The van der Waals surface area contributed by atoms with Gasteiger partial charge in [0.25, 0.3) is 0 Å². The van der Waals surface area contributed by atoms with Crippen molar-refractivity contribution in [2.75, 3.05) is 65.5 Å². The summed E-state index contributed by atoms with van der Waals surface area (Å²) in [7, 11) is 0. The van der Waals surface area contributed by atoms with E-state index in [2.05, 4.69) is 37.5 Å². The van der Waals surface area contributed by atoms with Crippen LogP contribution in [0.25, 0.3) is 0 Å². The van der Waals surface area contributed by atoms with Crippen molar-refractivity contribution in [3.05, 3.63) is 0 Å². The van der Waals surface area contributed by atoms with Crippen LogP contribution in [0.2, 0.25) is 0 Å². The fraction of sp³-hybridized carbons (Fsp3) is 0.955. The second kappa shape index (κ2) is 9.77. The predicted octanol–water partition coefficient (Wildman–Crippen LogP) is 2.74. The zero-order valence-electron chi connectivity index (χ0n) is 18.7. The largest absolute Gasteiger partial charge is 0.375 e. The van der Waals surface area contributed by atoms with Crippen molar-refractivity contribution < 1.29 is 9.53 Å². The summed E-state index contributed by atoms with van der Waals surface area (Å²) in [5.41, 5.74) is -0.00196. The minimum atomic E-state index is -0.00196. The van der Waals surface area contributed by atoms with E-state index in [1.54, 1.807) is 0 Å². The predicted molar refractivity (Wildman–Crippen MR) is 114 cm³/mol. The smallest absolute Gasteiger partial charge is 0.319 e. The first kappa shape index (κ1) is 21.8. The number of nitrogens with zero attached hydrogens (tertiary/aromatic N) is 4. The summed E-state index contributed by atoms with van der Waals surface area (Å²) in [6.07, 6.45) is 4.28. The van der Waals surface area contributed by atoms with Crippen LogP contribution in [0.4, 0.5) is 4.79 Å². The monoisotopic (exact) mass is 394 g/mol. The lowest BCUT2D eigenvalue weighted by molar-refractivity contribution is -0.132. The first-order valence-corrected chi connectivity index (χ1v) is 11.6. The molecular weight excluding hydrogens is 352 g/mol. The molecule has 0 unspecified atom stereocenters. The van der Waals surface area contributed by atoms with Gasteiger partial charge in [0.05, 0.1) is 5.60 Å². The van der Waals surface area contributed by atoms with Crippen LogP contribution >= 0.6 is 0 Å². The highest BCUT2D eigenvalue weighted by molar-refractivity contribution is 5.74. The molecule has 0 saturated carbocycles. The molecule has 3 heterocycles. The van der Waals surface area contributed by atoms with Gasteiger partial charge in [-0.3, -0.25) is 4.90 Å². The van der Waals surface area contributed by atoms with Crippen LogP contribution in [0.1, 0.15) is 53.4 Å². The molecule has 162 valence electrons. The molecule has 3 aliphatic rings. The van der Waals surface area contributed by atoms with E-state index in [1.807, 2.05) is 9.80 Å². The van der Waals surface area contributed by atoms with E-state index in [0.29, 0.717) is 6.04 Å². The van der Waals surface area contributed by atoms with Gasteiger partial charge in [-0.15, -0.1) is 0 Å². The zero-order valence-corrected chi connectivity index (χ0v) is 18.7. The fourth-order valence-electron chi connectivity index (χ4n) is 5.29. The average molecular weight is 395 g/mol. The molecule has 0 aromatic carbocycles. The maximum absolute atomic E-state index is 12.6. The molecule has 1 spiro atoms. The van der Waals surface area contributed by atoms with Gasteiger partial charge in [0.2, 0.25) is 0 Å². The van der Waals surface area contributed by atoms with Crippen LogP contribution in [0.5, 0.6) is 0 Å². The maximum atomic E-state index is 12.6. The van der Waals surface area contributed by atoms with Gasteiger partial charge in [-0.1, -0.05) is 13.8 Å². The van der Waals surface area contributed by atoms with Crippen molar-refractivity contribution in [3.8, 4) is 0 Å². The Kier molecular flexibility index (Phi) is 7.62. The number of piperazine rings is 1. The van der Waals surface area contributed by atoms with Crippen molar-refractivity contribution in [1.82, 2.24) is 19.6 Å². The average Bonchev–Trinajstić information content (AvgIpc) is 2.69. The van der Waals surface area contributed by atoms with Crippen LogP contribution in [0, 0.1) is 5.92 Å². The quantitative estimate of drug-likeness (QED) is 0.719. The first-order chi connectivity index (χ1) is 13.5. The highest BCUT2D eigenvalue weighted by Crippen LogP contribution is 2.37. The van der Waals surface area contributed by atoms with Gasteiger partial charge >= 0.3 is 6.03 Å². The van der Waals surface area contributed by atoms with Crippen LogP contribution in [0.15, 0.2) is 0 Å². The zero-order chi connectivity index (χ0) is 20.1. The van der Waals surface area contributed by atoms with E-state index < -0.39 is 0 Å². The van der Waals surface area contributed by atoms with Gasteiger partial charge in [-0.25, -0.2) is 4.79 Å². The van der Waals surface area contributed by atoms with Gasteiger partial charge in [-0.05, 0) is 45.4 Å². The second-order valence-corrected chi connectivity index (χ2v) is 9.35. The van der Waals surface area contributed by atoms with Crippen LogP contribution < -0.4 is 0 Å². The summed E-state index contributed by atoms with van der Waals surface area (Å²) in [6.45, 7) is 18.9. The lowest BCUT2D eigenvalue weighted by Crippen LogP contribution is -2.58. The highest BCUT2D eigenvalue weighted by atomic mass is 16.5. The number of amides is 2. The van der Waals surface area contributed by atoms with Gasteiger partial charge in [0.15, 0.2) is 0 Å². The summed E-state index contributed by atoms with van der Waals surface area (Å²) >= 11 is 0. The van der Waals surface area contributed by atoms with Crippen molar-refractivity contribution in [3.63, 3.8) is 0 Å². The molecule has 3 aliphatic heterocycles. The number of ether oxygens (including phenoxy) is 1. The summed E-state index contributed by atoms with van der Waals surface area (Å²) in [4.78, 5) is 22.0. The number of rotatable bonds is 5. The van der Waals surface area contributed by atoms with Crippen molar-refractivity contribution in [2.24, 2.45) is 5.92 Å². The van der Waals surface area contributed by atoms with Crippen molar-refractivity contribution in [2.45, 2.75) is 65.0 Å². The Morgan fingerprint density at radius 2 is 1.71 bits per heavy atom. The SMILES string of the molecule is CCN(CC)C(=O)N1CCC2(CC1)C[C@H](N1CCN(CC(C)C)CC1)CCO2. The molecular formula is C22H42N4O2. The third-order valence-electron chi connectivity index (χ3n) is 6.99. The number of piperidine rings is 1. The number of hydrogen-bond acceptors (Lipinski definition) is 4. The minimum absolute atomic E-state index is 0.00196. The topological polar surface area (TPSA) is 39.3 Å². The number of carbonyl (C=O) groups excluding carboxylic acids is 1. The van der Waals surface area contributed by atoms with Crippen LogP contribution in [0.3, 0.4) is 0 Å². The van der Waals surface area contributed by atoms with Gasteiger partial charge in [0.1, 0.15) is 0 Å². The minimum Gasteiger partial charge on any atom is -0.375 e. The standard InChI is InChI=1S/C22H42N4O2/c1-5-24(6-2)21(27)26-10-8-22(9-11-26)17-20(7-16-28-22)25-14-12-23(13-15-25)18-19(3)4/h19-20H,5-18H2,1-4H3/t20-/m1/s1. The normalized spacial score (nSPS) is 26.8. The molecule has 2 amide bonds. The van der Waals surface area contributed by atoms with Crippen LogP contribution in [-0.4, -0.2) is 103 Å². The number of carbonyl (C=O) groups is 1. The molecule has 6 heteroatoms. The molecule has 0 bridgehead atoms. The third kappa shape index (κ3) is 5.19. The van der Waals surface area contributed by atoms with E-state index in [4.69, 9.17) is 4.74 Å². The van der Waals surface area contributed by atoms with Crippen molar-refractivity contribution in [1.29, 1.82) is 0 Å². The molecule has 0 N–H and O–H groups in total. The van der Waals surface area contributed by atoms with Gasteiger partial charge < -0.3 is 19.4 Å². The fourth-order valence-corrected chi connectivity index (χ4v) is 5.29. The van der Waals surface area contributed by atoms with Crippen molar-refractivity contribution >= 4 is 6.03 Å². The third-order valence-corrected chi connectivity index (χ3v) is 6.99. The van der Waals surface area contributed by atoms with E-state index in [-0.39, 0.29) is 11.6 Å². The number of likely N-dealkylation sites (tertiary alicyclic amines) is 1. The molecule has 0 aliphatic carbocycles. The molecule has 0 aromatic heterocycles. The summed E-state index contributed by atoms with van der Waals surface area (Å²) in [5.74, 6) is 0.752. The summed E-state index contributed by atoms with van der Waals surface area (Å²) in [6, 6.07) is 0.855. The molecule has 28 heavy (non-hydrogen) atoms. The summed E-state index contributed by atoms with van der Waals surface area (Å²) < 4.78 is 6.35. The van der Waals surface area contributed by atoms with E-state index in [9.17, 15) is 4.79 Å². The first-order valence-electron chi connectivity index (χ1n) is 11.6. The molecule has 0 aromatic rings. The molecule has 3 rings (SSSR count). The van der Waals surface area contributed by atoms with Crippen LogP contribution in [-0.2, 0) is 4.74 Å². The Labute approximate surface area is 172 Å². The lowest BCUT2D eigenvalue weighted by Gasteiger charge is -2.50. The van der Waals surface area contributed by atoms with Gasteiger partial charge in [-0.2, -0.15) is 0 Å². The highest BCUT2D eigenvalue weighted by Gasteiger charge is 2.43. The molecule has 6 nitrogen and oxygen atoms in total. The lowest BCUT2D eigenvalue weighted by atomic mass is 9.81. The van der Waals surface area contributed by atoms with E-state index in [1.165, 1.54) is 32.7 Å². The molecule has 1 atom stereocenters. The van der Waals surface area contributed by atoms with Gasteiger partial charge in [0, 0.05) is 71.6 Å². The Balaban J connectivity index is 1.50. The number of hydrogen-bond donors (Lipinski definition) is 0. The second-order valence-electron chi connectivity index (χ2n) is 9.35. The van der Waals surface area contributed by atoms with E-state index >= 15 is 0 Å². The Bertz CT molecular complexity index is 493. The molecule has 3 fully saturated rings. The Morgan fingerprint density at radius 1 is 1.07 bits per heavy atom. The van der Waals surface area contributed by atoms with E-state index in [0.717, 1.165) is 64.4 Å². The summed E-state index contributed by atoms with van der Waals surface area (Å²) in [5, 5.41) is 0. The Hall–Kier alpha value is -0.850.